The average Bonchev–Trinajstić information content (AvgIpc) is 1.63. The predicted octanol–water partition coefficient (Wildman–Crippen LogP) is 25.3. The Morgan fingerprint density at radius 2 is 0.664 bits per heavy atom. The lowest BCUT2D eigenvalue weighted by Crippen LogP contribution is -2.41. The summed E-state index contributed by atoms with van der Waals surface area (Å²) in [7, 11) is -0.957. The van der Waals surface area contributed by atoms with Crippen LogP contribution in [0.2, 0.25) is 0 Å². The van der Waals surface area contributed by atoms with Crippen LogP contribution < -0.4 is 22.1 Å². The Morgan fingerprint density at radius 1 is 0.328 bits per heavy atom. The van der Waals surface area contributed by atoms with E-state index in [0.29, 0.717) is 5.46 Å². The second-order valence-corrected chi connectivity index (χ2v) is 42.1. The molecule has 3 fully saturated rings. The van der Waals surface area contributed by atoms with Crippen LogP contribution in [-0.2, 0) is 44.2 Å². The number of anilines is 1. The highest BCUT2D eigenvalue weighted by Crippen LogP contribution is 2.53. The molecule has 4 N–H and O–H groups in total. The fraction of sp³-hybridized carbons (Fsp3) is 0.312. The molecule has 0 atom stereocenters. The number of halogens is 7. The molecule has 0 amide bonds. The van der Waals surface area contributed by atoms with Crippen LogP contribution >= 0.6 is 125 Å². The zero-order valence-corrected chi connectivity index (χ0v) is 82.4. The van der Waals surface area contributed by atoms with Crippen molar-refractivity contribution in [2.45, 2.75) is 195 Å². The quantitative estimate of drug-likeness (QED) is 0.0878. The molecular weight excluding hydrogens is 1990 g/mol. The maximum absolute atomic E-state index is 8.79. The fourth-order valence-electron chi connectivity index (χ4n) is 14.8. The minimum Gasteiger partial charge on any atom is -0.423 e. The monoisotopic (exact) mass is 2090 g/mol. The number of rotatable bonds is 5. The first-order valence-corrected chi connectivity index (χ1v) is 45.1. The molecule has 3 aliphatic carbocycles. The summed E-state index contributed by atoms with van der Waals surface area (Å²) >= 11 is 21.7. The fourth-order valence-corrected chi connectivity index (χ4v) is 19.0. The first-order chi connectivity index (χ1) is 54.0. The molecule has 0 unspecified atom stereocenters. The van der Waals surface area contributed by atoms with Crippen LogP contribution in [-0.4, -0.2) is 72.7 Å². The lowest BCUT2D eigenvalue weighted by molar-refractivity contribution is 0.00578. The Morgan fingerprint density at radius 3 is 1.02 bits per heavy atom. The van der Waals surface area contributed by atoms with Crippen LogP contribution in [0.1, 0.15) is 175 Å². The van der Waals surface area contributed by atoms with Crippen LogP contribution in [0.15, 0.2) is 241 Å². The number of hydrogen-bond acceptors (Lipinski definition) is 9. The van der Waals surface area contributed by atoms with Crippen LogP contribution in [0.3, 0.4) is 0 Å². The van der Waals surface area contributed by atoms with Crippen LogP contribution in [0.4, 0.5) is 5.69 Å². The van der Waals surface area contributed by atoms with Gasteiger partial charge in [0.2, 0.25) is 0 Å². The van der Waals surface area contributed by atoms with Crippen molar-refractivity contribution in [1.29, 1.82) is 0 Å². The van der Waals surface area contributed by atoms with Gasteiger partial charge < -0.3 is 43.7 Å². The number of hydrogen-bond donors (Lipinski definition) is 3. The van der Waals surface area contributed by atoms with Gasteiger partial charge in [-0.2, -0.15) is 0 Å². The van der Waals surface area contributed by atoms with Crippen molar-refractivity contribution >= 4 is 176 Å². The van der Waals surface area contributed by atoms with E-state index in [4.69, 9.17) is 43.7 Å². The molecule has 11 aromatic carbocycles. The number of nitrogen functional groups attached to an aromatic ring is 1. The highest BCUT2D eigenvalue weighted by atomic mass is 127. The zero-order chi connectivity index (χ0) is 85.0. The zero-order valence-electron chi connectivity index (χ0n) is 70.2. The van der Waals surface area contributed by atoms with E-state index in [0.717, 1.165) is 50.1 Å². The van der Waals surface area contributed by atoms with Gasteiger partial charge in [-0.15, -0.1) is 0 Å². The van der Waals surface area contributed by atoms with Crippen molar-refractivity contribution in [3.05, 3.63) is 298 Å². The van der Waals surface area contributed by atoms with Gasteiger partial charge in [0, 0.05) is 51.4 Å². The first kappa shape index (κ1) is 91.8. The van der Waals surface area contributed by atoms with Crippen molar-refractivity contribution in [2.24, 2.45) is 0 Å². The Kier molecular flexibility index (Phi) is 28.3. The lowest BCUT2D eigenvalue weighted by atomic mass is 9.70. The van der Waals surface area contributed by atoms with E-state index in [2.05, 4.69) is 418 Å². The molecule has 0 aromatic heterocycles. The van der Waals surface area contributed by atoms with Crippen LogP contribution in [0, 0.1) is 27.9 Å². The SMILES string of the molecule is CC1(C)O[B]OC1(C)C.CC1(C)c2ccccc2-c2ccc(-c3cc(B4OC(C)(C)C(C)(C)O4)cc(B4OC(C)(C)C(C)(C)O4)c3)cc21.CC1(C)c2ccccc2-c2ccc(-c3cc(Br)cc(Br)c3)cc21.CC1(C)c2ccccc2-c2ccc(I)cc21.Cc1ccc(I)cc1C.Cc1ccc(N)cc1Br.OB(O)c1cc(Br)cc(Br)c1. The molecule has 17 rings (SSSR count). The van der Waals surface area contributed by atoms with Gasteiger partial charge in [0.05, 0.1) is 33.6 Å². The third-order valence-corrected chi connectivity index (χ3v) is 28.3. The molecule has 3 saturated heterocycles. The van der Waals surface area contributed by atoms with Crippen molar-refractivity contribution < 1.29 is 38.0 Å². The molecule has 11 aromatic rings. The van der Waals surface area contributed by atoms with Crippen molar-refractivity contribution in [1.82, 2.24) is 0 Å². The van der Waals surface area contributed by atoms with Gasteiger partial charge in [-0.05, 0) is 356 Å². The van der Waals surface area contributed by atoms with Gasteiger partial charge in [0.1, 0.15) is 0 Å². The lowest BCUT2D eigenvalue weighted by Gasteiger charge is -2.32. The van der Waals surface area contributed by atoms with Gasteiger partial charge in [-0.3, -0.25) is 0 Å². The second kappa shape index (κ2) is 35.8. The van der Waals surface area contributed by atoms with Gasteiger partial charge >= 0.3 is 29.0 Å². The van der Waals surface area contributed by atoms with E-state index in [1.54, 1.807) is 12.1 Å². The predicted molar refractivity (Wildman–Crippen MR) is 522 cm³/mol. The van der Waals surface area contributed by atoms with Crippen molar-refractivity contribution in [2.75, 3.05) is 5.73 Å². The minimum atomic E-state index is -1.41. The van der Waals surface area contributed by atoms with Crippen molar-refractivity contribution in [3.8, 4) is 55.6 Å². The molecule has 6 aliphatic rings. The minimum absolute atomic E-state index is 0.0468. The van der Waals surface area contributed by atoms with E-state index in [-0.39, 0.29) is 27.4 Å². The first-order valence-electron chi connectivity index (χ1n) is 39.0. The van der Waals surface area contributed by atoms with E-state index >= 15 is 0 Å². The van der Waals surface area contributed by atoms with Gasteiger partial charge in [0.25, 0.3) is 0 Å². The summed E-state index contributed by atoms with van der Waals surface area (Å²) < 4.78 is 43.9. The van der Waals surface area contributed by atoms with E-state index in [1.807, 2.05) is 58.9 Å². The topological polar surface area (TPSA) is 122 Å². The molecule has 0 saturated carbocycles. The molecule has 1 radical (unpaired) electrons. The standard InChI is InChI=1S/C33H40B2O4.C21H16Br2.C15H13I.C8H9I.C7H8BrN.C6H5BBr2O2.C6H12BO2/c1-29(2)27-14-12-11-13-25(27)26-16-15-21(19-28(26)29)22-17-23(34-36-30(3,4)31(5,6)37-34)20-24(18-22)35-38-32(7,8)33(9,10)39-35;1-21(2)19-6-4-3-5-17(19)18-8-7-13(11-20(18)21)14-9-15(22)12-16(23)10-14;1-15(2)13-6-4-3-5-11(13)12-8-7-10(16)9-14(12)15;1-6-3-4-8(9)5-7(6)2;1-5-2-3-6(9)4-7(5)8;8-5-1-4(7(10)11)2-6(9)3-5;1-5(2)6(3,4)9-7-8-5/h11-20H,1-10H3;3-12H,1-2H3;3-9H,1-2H3;3-5H,1-2H3;2-4H,9H2,1H3;1-3,10-11H;1-4H3. The third-order valence-electron chi connectivity index (χ3n) is 24.3. The maximum atomic E-state index is 8.79. The summed E-state index contributed by atoms with van der Waals surface area (Å²) in [6.45, 7) is 45.0. The summed E-state index contributed by atoms with van der Waals surface area (Å²) in [5, 5.41) is 17.6. The number of aryl methyl sites for hydroxylation is 3. The highest BCUT2D eigenvalue weighted by molar-refractivity contribution is 14.1. The van der Waals surface area contributed by atoms with Crippen LogP contribution in [0.25, 0.3) is 55.6 Å². The smallest absolute Gasteiger partial charge is 0.423 e. The molecule has 3 heterocycles. The second-order valence-electron chi connectivity index (χ2n) is 35.1. The third kappa shape index (κ3) is 20.0. The Bertz CT molecular complexity index is 5280. The summed E-state index contributed by atoms with van der Waals surface area (Å²) in [5.41, 5.74) is 32.1. The van der Waals surface area contributed by atoms with Gasteiger partial charge in [-0.25, -0.2) is 0 Å². The molecule has 0 bridgehead atoms. The number of nitrogens with two attached hydrogens (primary N) is 1. The molecule has 9 nitrogen and oxygen atoms in total. The van der Waals surface area contributed by atoms with Crippen LogP contribution in [0.5, 0.6) is 0 Å². The molecular formula is C96H103B4Br5I2NO8. The van der Waals surface area contributed by atoms with Crippen molar-refractivity contribution in [3.63, 3.8) is 0 Å². The van der Waals surface area contributed by atoms with E-state index in [9.17, 15) is 0 Å². The summed E-state index contributed by atoms with van der Waals surface area (Å²) in [6.07, 6.45) is 0. The number of benzene rings is 11. The van der Waals surface area contributed by atoms with Gasteiger partial charge in [-0.1, -0.05) is 255 Å². The molecule has 3 aliphatic heterocycles. The summed E-state index contributed by atoms with van der Waals surface area (Å²) in [4.78, 5) is 0. The molecule has 20 heteroatoms. The summed E-state index contributed by atoms with van der Waals surface area (Å²) in [6, 6.07) is 77.0. The Labute approximate surface area is 760 Å². The molecule has 116 heavy (non-hydrogen) atoms. The number of fused-ring (bicyclic) bond motifs is 9. The highest BCUT2D eigenvalue weighted by Gasteiger charge is 2.55. The largest absolute Gasteiger partial charge is 0.494 e. The summed E-state index contributed by atoms with van der Waals surface area (Å²) in [5.74, 6) is 0. The molecule has 0 spiro atoms. The molecule has 601 valence electrons. The maximum Gasteiger partial charge on any atom is 0.494 e. The normalized spacial score (nSPS) is 17.5. The Balaban J connectivity index is 0.000000146. The Hall–Kier alpha value is -4.98. The van der Waals surface area contributed by atoms with E-state index in [1.165, 1.54) is 109 Å². The van der Waals surface area contributed by atoms with Gasteiger partial charge in [0.15, 0.2) is 0 Å². The average molecular weight is 2100 g/mol. The van der Waals surface area contributed by atoms with E-state index < -0.39 is 43.8 Å².